The Balaban J connectivity index is 1.42. The smallest absolute Gasteiger partial charge is 0.326 e. The van der Waals surface area contributed by atoms with Gasteiger partial charge in [-0.2, -0.15) is 0 Å². The minimum Gasteiger partial charge on any atom is -0.481 e. The number of carbonyl (C=O) groups excluding carboxylic acids is 5. The summed E-state index contributed by atoms with van der Waals surface area (Å²) >= 11 is 0. The number of ketones is 2. The zero-order valence-corrected chi connectivity index (χ0v) is 24.9. The number of aliphatic carboxylic acids is 2. The quantitative estimate of drug-likeness (QED) is 0.294. The van der Waals surface area contributed by atoms with E-state index in [4.69, 9.17) is 19.7 Å². The zero-order valence-electron chi connectivity index (χ0n) is 24.9. The van der Waals surface area contributed by atoms with Crippen molar-refractivity contribution in [3.05, 3.63) is 11.6 Å². The number of hydrogen-bond acceptors (Lipinski definition) is 9. The molecule has 12 heteroatoms. The second kappa shape index (κ2) is 12.2. The normalized spacial score (nSPS) is 33.5. The first-order chi connectivity index (χ1) is 20.1. The average Bonchev–Trinajstić information content (AvgIpc) is 3.22. The van der Waals surface area contributed by atoms with E-state index in [1.54, 1.807) is 0 Å². The van der Waals surface area contributed by atoms with Crippen LogP contribution >= 0.6 is 0 Å². The van der Waals surface area contributed by atoms with Gasteiger partial charge in [0.15, 0.2) is 18.0 Å². The van der Waals surface area contributed by atoms with Crippen LogP contribution in [0.15, 0.2) is 11.6 Å². The summed E-state index contributed by atoms with van der Waals surface area (Å²) in [5, 5.41) is 19.9. The van der Waals surface area contributed by atoms with Crippen molar-refractivity contribution in [2.45, 2.75) is 103 Å². The minimum absolute atomic E-state index is 0.0607. The molecule has 43 heavy (non-hydrogen) atoms. The molecule has 0 bridgehead atoms. The van der Waals surface area contributed by atoms with Gasteiger partial charge in [-0.1, -0.05) is 19.4 Å². The van der Waals surface area contributed by atoms with E-state index >= 15 is 0 Å². The van der Waals surface area contributed by atoms with Gasteiger partial charge in [0, 0.05) is 25.2 Å². The Labute approximate surface area is 249 Å². The fourth-order valence-electron chi connectivity index (χ4n) is 8.68. The van der Waals surface area contributed by atoms with E-state index in [2.05, 4.69) is 6.92 Å². The molecular weight excluding hydrogens is 562 g/mol. The van der Waals surface area contributed by atoms with Gasteiger partial charge in [-0.05, 0) is 74.2 Å². The molecule has 0 aromatic rings. The van der Waals surface area contributed by atoms with E-state index in [-0.39, 0.29) is 17.1 Å². The van der Waals surface area contributed by atoms with Crippen LogP contribution in [-0.2, 0) is 43.0 Å². The summed E-state index contributed by atoms with van der Waals surface area (Å²) in [6.07, 6.45) is 5.65. The van der Waals surface area contributed by atoms with Gasteiger partial charge in [0.25, 0.3) is 0 Å². The van der Waals surface area contributed by atoms with Crippen LogP contribution in [0.2, 0.25) is 0 Å². The maximum atomic E-state index is 13.8. The number of esters is 2. The number of rotatable bonds is 11. The molecule has 236 valence electrons. The van der Waals surface area contributed by atoms with Crippen molar-refractivity contribution in [3.63, 3.8) is 0 Å². The molecule has 0 aliphatic heterocycles. The van der Waals surface area contributed by atoms with Gasteiger partial charge >= 0.3 is 23.9 Å². The zero-order chi connectivity index (χ0) is 31.7. The number of nitrogens with one attached hydrogen (secondary N) is 1. The van der Waals surface area contributed by atoms with Gasteiger partial charge < -0.3 is 25.0 Å². The summed E-state index contributed by atoms with van der Waals surface area (Å²) in [6, 6.07) is -1.65. The van der Waals surface area contributed by atoms with Gasteiger partial charge in [-0.3, -0.25) is 28.8 Å². The molecule has 12 nitrogen and oxygen atoms in total. The highest BCUT2D eigenvalue weighted by molar-refractivity contribution is 5.94. The maximum absolute atomic E-state index is 13.8. The Morgan fingerprint density at radius 3 is 2.33 bits per heavy atom. The van der Waals surface area contributed by atoms with Gasteiger partial charge in [0.1, 0.15) is 6.04 Å². The molecule has 0 spiro atoms. The topological polar surface area (TPSA) is 190 Å². The van der Waals surface area contributed by atoms with E-state index in [0.29, 0.717) is 37.5 Å². The second-order valence-corrected chi connectivity index (χ2v) is 13.0. The van der Waals surface area contributed by atoms with Crippen molar-refractivity contribution in [3.8, 4) is 0 Å². The van der Waals surface area contributed by atoms with Crippen molar-refractivity contribution >= 4 is 41.4 Å². The third-order valence-electron chi connectivity index (χ3n) is 10.8. The molecule has 3 fully saturated rings. The molecule has 0 aromatic heterocycles. The summed E-state index contributed by atoms with van der Waals surface area (Å²) in [7, 11) is 0. The van der Waals surface area contributed by atoms with Crippen LogP contribution in [0.4, 0.5) is 0 Å². The van der Waals surface area contributed by atoms with Crippen LogP contribution in [-0.4, -0.2) is 69.8 Å². The lowest BCUT2D eigenvalue weighted by Crippen LogP contribution is -2.59. The van der Waals surface area contributed by atoms with Crippen LogP contribution in [0.1, 0.15) is 91.4 Å². The summed E-state index contributed by atoms with van der Waals surface area (Å²) in [6.45, 7) is 4.88. The Kier molecular flexibility index (Phi) is 9.18. The van der Waals surface area contributed by atoms with Gasteiger partial charge in [-0.15, -0.1) is 0 Å². The molecule has 3 N–H and O–H groups in total. The molecule has 0 aromatic carbocycles. The molecule has 0 heterocycles. The maximum Gasteiger partial charge on any atom is 0.326 e. The van der Waals surface area contributed by atoms with E-state index in [1.807, 2.05) is 18.3 Å². The number of allylic oxidation sites excluding steroid dienone is 1. The average molecular weight is 604 g/mol. The van der Waals surface area contributed by atoms with E-state index in [9.17, 15) is 33.6 Å². The predicted octanol–water partition coefficient (Wildman–Crippen LogP) is 2.76. The highest BCUT2D eigenvalue weighted by atomic mass is 16.6. The first-order valence-corrected chi connectivity index (χ1v) is 15.0. The molecule has 3 saturated carbocycles. The lowest BCUT2D eigenvalue weighted by molar-refractivity contribution is -0.191. The van der Waals surface area contributed by atoms with E-state index in [1.165, 1.54) is 12.5 Å². The van der Waals surface area contributed by atoms with Crippen LogP contribution < -0.4 is 5.32 Å². The molecule has 0 saturated heterocycles. The first kappa shape index (κ1) is 32.3. The molecule has 1 amide bonds. The summed E-state index contributed by atoms with van der Waals surface area (Å²) in [4.78, 5) is 84.8. The van der Waals surface area contributed by atoms with Crippen molar-refractivity contribution in [2.75, 3.05) is 6.61 Å². The molecule has 4 aliphatic carbocycles. The Bertz CT molecular complexity index is 1260. The first-order valence-electron chi connectivity index (χ1n) is 15.0. The minimum atomic E-state index is -1.65. The number of hydrogen-bond donors (Lipinski definition) is 3. The van der Waals surface area contributed by atoms with Crippen LogP contribution in [0.5, 0.6) is 0 Å². The highest BCUT2D eigenvalue weighted by Gasteiger charge is 2.68. The molecule has 4 aliphatic rings. The number of carboxylic acid groups (broad SMARTS) is 2. The SMILES string of the molecule is CC(=O)OC1(C(=O)COC(=O)CCC(=O)NC(CC(=O)O)C(=O)O)CCC2C3CCC4=CC(=O)CCC4(C)C3CCC21C. The van der Waals surface area contributed by atoms with Gasteiger partial charge in [-0.25, -0.2) is 4.79 Å². The van der Waals surface area contributed by atoms with Crippen molar-refractivity contribution in [2.24, 2.45) is 28.6 Å². The lowest BCUT2D eigenvalue weighted by Gasteiger charge is -2.59. The van der Waals surface area contributed by atoms with E-state index < -0.39 is 78.5 Å². The lowest BCUT2D eigenvalue weighted by atomic mass is 9.46. The van der Waals surface area contributed by atoms with E-state index in [0.717, 1.165) is 25.7 Å². The predicted molar refractivity (Wildman–Crippen MR) is 148 cm³/mol. The molecule has 7 atom stereocenters. The van der Waals surface area contributed by atoms with Crippen LogP contribution in [0, 0.1) is 28.6 Å². The summed E-state index contributed by atoms with van der Waals surface area (Å²) in [5.41, 5.74) is -0.956. The number of ether oxygens (including phenoxy) is 2. The number of amides is 1. The fraction of sp³-hybridized carbons (Fsp3) is 0.710. The van der Waals surface area contributed by atoms with Crippen molar-refractivity contribution in [1.29, 1.82) is 0 Å². The second-order valence-electron chi connectivity index (χ2n) is 13.0. The third kappa shape index (κ3) is 6.10. The summed E-state index contributed by atoms with van der Waals surface area (Å²) in [5.74, 6) is -4.80. The van der Waals surface area contributed by atoms with Crippen molar-refractivity contribution in [1.82, 2.24) is 5.32 Å². The van der Waals surface area contributed by atoms with Crippen LogP contribution in [0.3, 0.4) is 0 Å². The Morgan fingerprint density at radius 1 is 0.977 bits per heavy atom. The Hall–Kier alpha value is -3.57. The highest BCUT2D eigenvalue weighted by Crippen LogP contribution is 2.68. The van der Waals surface area contributed by atoms with Gasteiger partial charge in [0.05, 0.1) is 12.8 Å². The number of carbonyl (C=O) groups is 7. The van der Waals surface area contributed by atoms with Crippen LogP contribution in [0.25, 0.3) is 0 Å². The van der Waals surface area contributed by atoms with Crippen molar-refractivity contribution < 1.29 is 53.2 Å². The number of carboxylic acids is 2. The standard InChI is InChI=1S/C31H41NO11/c1-17(33)43-31(24(35)16-42-27(39)7-6-25(36)32-23(28(40)41)15-26(37)38)13-10-22-20-5-4-18-14-19(34)8-11-29(18,2)21(20)9-12-30(22,31)3/h14,20-23H,4-13,15-16H2,1-3H3,(H,32,36)(H,37,38)(H,40,41). The Morgan fingerprint density at radius 2 is 1.67 bits per heavy atom. The molecular formula is C31H41NO11. The third-order valence-corrected chi connectivity index (χ3v) is 10.8. The largest absolute Gasteiger partial charge is 0.481 e. The molecule has 7 unspecified atom stereocenters. The monoisotopic (exact) mass is 603 g/mol. The molecule has 0 radical (unpaired) electrons. The number of fused-ring (bicyclic) bond motifs is 5. The van der Waals surface area contributed by atoms with Gasteiger partial charge in [0.2, 0.25) is 11.7 Å². The summed E-state index contributed by atoms with van der Waals surface area (Å²) < 4.78 is 11.1. The molecule has 4 rings (SSSR count). The number of Topliss-reactive ketones (excluding diaryl/α,β-unsaturated/α-hetero) is 1. The fourth-order valence-corrected chi connectivity index (χ4v) is 8.68.